The molecule has 3 heteroatoms. The summed E-state index contributed by atoms with van der Waals surface area (Å²) in [7, 11) is 2.02. The van der Waals surface area contributed by atoms with Crippen LogP contribution in [0.25, 0.3) is 33.4 Å². The van der Waals surface area contributed by atoms with Crippen molar-refractivity contribution in [3.05, 3.63) is 187 Å². The molecule has 0 fully saturated rings. The van der Waals surface area contributed by atoms with Gasteiger partial charge in [-0.05, 0) is 74.8 Å². The van der Waals surface area contributed by atoms with Crippen LogP contribution in [0.15, 0.2) is 164 Å². The van der Waals surface area contributed by atoms with Gasteiger partial charge in [-0.25, -0.2) is 0 Å². The number of benzene rings is 6. The van der Waals surface area contributed by atoms with Gasteiger partial charge in [-0.1, -0.05) is 128 Å². The van der Waals surface area contributed by atoms with Crippen LogP contribution in [-0.4, -0.2) is 7.05 Å². The molecule has 6 aromatic rings. The Bertz CT molecular complexity index is 2280. The third kappa shape index (κ3) is 3.74. The van der Waals surface area contributed by atoms with E-state index in [4.69, 9.17) is 9.47 Å². The van der Waals surface area contributed by atoms with Gasteiger partial charge >= 0.3 is 0 Å². The van der Waals surface area contributed by atoms with Gasteiger partial charge < -0.3 is 14.4 Å². The van der Waals surface area contributed by atoms with Crippen molar-refractivity contribution in [1.82, 2.24) is 0 Å². The van der Waals surface area contributed by atoms with Crippen LogP contribution in [0.1, 0.15) is 22.3 Å². The number of nitrogens with zero attached hydrogens (tertiary/aromatic N) is 1. The molecule has 1 spiro atoms. The van der Waals surface area contributed by atoms with E-state index in [1.165, 1.54) is 44.5 Å². The molecule has 0 saturated carbocycles. The molecule has 0 bridgehead atoms. The van der Waals surface area contributed by atoms with Gasteiger partial charge in [0.15, 0.2) is 23.0 Å². The molecule has 47 heavy (non-hydrogen) atoms. The first-order valence-electron chi connectivity index (χ1n) is 15.9. The maximum Gasteiger partial charge on any atom is 0.178 e. The number of likely N-dealkylation sites (N-methyl/N-ethyl adjacent to an activating group) is 1. The monoisotopic (exact) mass is 605 g/mol. The summed E-state index contributed by atoms with van der Waals surface area (Å²) in [4.78, 5) is 2.08. The summed E-state index contributed by atoms with van der Waals surface area (Å²) in [6, 6.07) is 45.3. The van der Waals surface area contributed by atoms with Crippen molar-refractivity contribution in [2.75, 3.05) is 11.9 Å². The van der Waals surface area contributed by atoms with E-state index < -0.39 is 5.41 Å². The van der Waals surface area contributed by atoms with E-state index in [0.29, 0.717) is 17.2 Å². The third-order valence-corrected chi connectivity index (χ3v) is 9.88. The van der Waals surface area contributed by atoms with E-state index in [1.54, 1.807) is 6.08 Å². The Morgan fingerprint density at radius 3 is 1.79 bits per heavy atom. The summed E-state index contributed by atoms with van der Waals surface area (Å²) >= 11 is 0. The second-order valence-electron chi connectivity index (χ2n) is 12.2. The molecule has 2 aliphatic carbocycles. The van der Waals surface area contributed by atoms with Crippen LogP contribution >= 0.6 is 0 Å². The molecule has 9 rings (SSSR count). The first-order valence-corrected chi connectivity index (χ1v) is 15.9. The molecule has 0 unspecified atom stereocenters. The molecule has 0 radical (unpaired) electrons. The van der Waals surface area contributed by atoms with Gasteiger partial charge in [0.25, 0.3) is 0 Å². The number of hydrogen-bond acceptors (Lipinski definition) is 3. The minimum atomic E-state index is -0.439. The van der Waals surface area contributed by atoms with Crippen LogP contribution < -0.4 is 14.4 Å². The molecule has 0 N–H and O–H groups in total. The zero-order valence-electron chi connectivity index (χ0n) is 26.0. The molecule has 3 nitrogen and oxygen atoms in total. The molecular weight excluding hydrogens is 574 g/mol. The minimum Gasteiger partial charge on any atom is -0.449 e. The third-order valence-electron chi connectivity index (χ3n) is 9.88. The number of ether oxygens (including phenoxy) is 2. The van der Waals surface area contributed by atoms with Gasteiger partial charge in [0.05, 0.1) is 5.41 Å². The normalized spacial score (nSPS) is 13.8. The molecule has 0 atom stereocenters. The van der Waals surface area contributed by atoms with E-state index in [1.807, 2.05) is 43.5 Å². The lowest BCUT2D eigenvalue weighted by molar-refractivity contribution is 0.360. The number of allylic oxidation sites excluding steroid dienone is 3. The lowest BCUT2D eigenvalue weighted by atomic mass is 9.70. The van der Waals surface area contributed by atoms with Gasteiger partial charge in [-0.2, -0.15) is 0 Å². The van der Waals surface area contributed by atoms with E-state index >= 15 is 0 Å². The van der Waals surface area contributed by atoms with Crippen LogP contribution in [0, 0.1) is 0 Å². The Morgan fingerprint density at radius 2 is 1.13 bits per heavy atom. The molecule has 224 valence electrons. The Kier molecular flexibility index (Phi) is 5.94. The molecule has 0 saturated heterocycles. The summed E-state index contributed by atoms with van der Waals surface area (Å²) in [5, 5.41) is 0. The summed E-state index contributed by atoms with van der Waals surface area (Å²) in [5.74, 6) is 2.82. The lowest BCUT2D eigenvalue weighted by Crippen LogP contribution is -2.25. The van der Waals surface area contributed by atoms with Gasteiger partial charge in [0, 0.05) is 29.6 Å². The highest BCUT2D eigenvalue weighted by atomic mass is 16.6. The number of fused-ring (bicyclic) bond motifs is 12. The number of hydrogen-bond donors (Lipinski definition) is 0. The molecule has 1 aliphatic heterocycles. The highest BCUT2D eigenvalue weighted by Crippen LogP contribution is 2.65. The second-order valence-corrected chi connectivity index (χ2v) is 12.2. The van der Waals surface area contributed by atoms with Gasteiger partial charge in [-0.3, -0.25) is 0 Å². The largest absolute Gasteiger partial charge is 0.449 e. The summed E-state index contributed by atoms with van der Waals surface area (Å²) in [5.41, 5.74) is 13.5. The maximum atomic E-state index is 6.86. The zero-order valence-corrected chi connectivity index (χ0v) is 26.0. The number of anilines is 1. The molecule has 0 aromatic heterocycles. The lowest BCUT2D eigenvalue weighted by Gasteiger charge is -2.31. The minimum absolute atomic E-state index is 0.439. The quantitative estimate of drug-likeness (QED) is 0.182. The van der Waals surface area contributed by atoms with Crippen molar-refractivity contribution in [2.45, 2.75) is 5.41 Å². The van der Waals surface area contributed by atoms with Crippen molar-refractivity contribution in [1.29, 1.82) is 0 Å². The van der Waals surface area contributed by atoms with E-state index in [-0.39, 0.29) is 0 Å². The Morgan fingerprint density at radius 1 is 0.574 bits per heavy atom. The molecule has 0 amide bonds. The molecule has 3 aliphatic rings. The maximum absolute atomic E-state index is 6.86. The molecular formula is C44H31NO2. The molecule has 1 heterocycles. The fourth-order valence-electron chi connectivity index (χ4n) is 7.84. The number of para-hydroxylation sites is 2. The van der Waals surface area contributed by atoms with Gasteiger partial charge in [0.1, 0.15) is 0 Å². The predicted molar refractivity (Wildman–Crippen MR) is 192 cm³/mol. The van der Waals surface area contributed by atoms with E-state index in [0.717, 1.165) is 28.3 Å². The first-order chi connectivity index (χ1) is 23.1. The standard InChI is InChI=1S/C44H31NO2/c1-4-5-15-28(2)45(3)39-24-13-9-19-32(39)33-20-14-25-40-43(33)47-41-26-34-31-18-8-12-23-37(31)44(38(34)27-42(41)46-40)35-21-10-6-16-29(35)30-17-7-11-22-36(30)44/h4-27H,1-2H2,3H3/b15-5-. The highest BCUT2D eigenvalue weighted by Gasteiger charge is 2.52. The topological polar surface area (TPSA) is 21.7 Å². The summed E-state index contributed by atoms with van der Waals surface area (Å²) < 4.78 is 13.6. The highest BCUT2D eigenvalue weighted by molar-refractivity contribution is 5.96. The summed E-state index contributed by atoms with van der Waals surface area (Å²) in [6.07, 6.45) is 5.60. The van der Waals surface area contributed by atoms with Crippen molar-refractivity contribution in [3.8, 4) is 56.4 Å². The van der Waals surface area contributed by atoms with Crippen molar-refractivity contribution < 1.29 is 9.47 Å². The van der Waals surface area contributed by atoms with Crippen LogP contribution in [0.5, 0.6) is 23.0 Å². The fourth-order valence-corrected chi connectivity index (χ4v) is 7.84. The van der Waals surface area contributed by atoms with Gasteiger partial charge in [-0.15, -0.1) is 0 Å². The van der Waals surface area contributed by atoms with Crippen LogP contribution in [0.2, 0.25) is 0 Å². The SMILES string of the molecule is C=C/C=C\C(=C)N(C)c1ccccc1-c1cccc2c1Oc1cc3c(cc1O2)C1(c2ccccc2-c2ccccc21)c1ccccc1-3. The second kappa shape index (κ2) is 10.2. The average Bonchev–Trinajstić information content (AvgIpc) is 3.58. The Labute approximate surface area is 275 Å². The number of rotatable bonds is 5. The smallest absolute Gasteiger partial charge is 0.178 e. The van der Waals surface area contributed by atoms with Crippen molar-refractivity contribution >= 4 is 5.69 Å². The first kappa shape index (κ1) is 27.3. The van der Waals surface area contributed by atoms with Crippen molar-refractivity contribution in [3.63, 3.8) is 0 Å². The fraction of sp³-hybridized carbons (Fsp3) is 0.0455. The summed E-state index contributed by atoms with van der Waals surface area (Å²) in [6.45, 7) is 8.06. The predicted octanol–water partition coefficient (Wildman–Crippen LogP) is 11.3. The Balaban J connectivity index is 1.21. The van der Waals surface area contributed by atoms with Crippen LogP contribution in [0.4, 0.5) is 5.69 Å². The van der Waals surface area contributed by atoms with Crippen LogP contribution in [0.3, 0.4) is 0 Å². The van der Waals surface area contributed by atoms with E-state index in [2.05, 4.69) is 121 Å². The molecule has 6 aromatic carbocycles. The van der Waals surface area contributed by atoms with Crippen molar-refractivity contribution in [2.24, 2.45) is 0 Å². The van der Waals surface area contributed by atoms with Crippen LogP contribution in [-0.2, 0) is 5.41 Å². The Hall–Kier alpha value is -6.06. The van der Waals surface area contributed by atoms with Gasteiger partial charge in [0.2, 0.25) is 0 Å². The zero-order chi connectivity index (χ0) is 31.7. The average molecular weight is 606 g/mol. The van der Waals surface area contributed by atoms with E-state index in [9.17, 15) is 0 Å².